The molecule has 0 unspecified atom stereocenters. The van der Waals surface area contributed by atoms with E-state index >= 15 is 0 Å². The van der Waals surface area contributed by atoms with Crippen molar-refractivity contribution in [2.24, 2.45) is 5.18 Å². The second-order valence-corrected chi connectivity index (χ2v) is 7.37. The molecule has 0 bridgehead atoms. The number of fused-ring (bicyclic) bond motifs is 1. The number of nitroso groups, excluding NO2 is 1. The molecule has 3 heterocycles. The molecule has 1 N–H and O–H groups in total. The van der Waals surface area contributed by atoms with E-state index in [1.54, 1.807) is 24.3 Å². The van der Waals surface area contributed by atoms with Crippen molar-refractivity contribution in [1.82, 2.24) is 9.97 Å². The number of benzene rings is 1. The average Bonchev–Trinajstić information content (AvgIpc) is 3.46. The molecule has 1 saturated heterocycles. The largest absolute Gasteiger partial charge is 0.436 e. The first-order chi connectivity index (χ1) is 14.7. The summed E-state index contributed by atoms with van der Waals surface area (Å²) in [5.41, 5.74) is 1.18. The summed E-state index contributed by atoms with van der Waals surface area (Å²) in [6.07, 6.45) is 5.50. The molecule has 8 nitrogen and oxygen atoms in total. The number of aromatic nitrogens is 2. The van der Waals surface area contributed by atoms with Gasteiger partial charge in [0, 0.05) is 35.8 Å². The number of furan rings is 1. The molecule has 1 aromatic carbocycles. The summed E-state index contributed by atoms with van der Waals surface area (Å²) in [6, 6.07) is 6.77. The number of halogens is 1. The molecule has 0 amide bonds. The fraction of sp³-hybridized carbons (Fsp3) is 0.333. The molecule has 154 valence electrons. The molecule has 0 radical (unpaired) electrons. The molecule has 30 heavy (non-hydrogen) atoms. The van der Waals surface area contributed by atoms with Gasteiger partial charge >= 0.3 is 0 Å². The number of nitrogens with one attached hydrogen (secondary N) is 1. The van der Waals surface area contributed by atoms with Crippen LogP contribution in [-0.4, -0.2) is 42.3 Å². The lowest BCUT2D eigenvalue weighted by molar-refractivity contribution is 0.122. The summed E-state index contributed by atoms with van der Waals surface area (Å²) in [4.78, 5) is 21.7. The van der Waals surface area contributed by atoms with Crippen molar-refractivity contribution in [2.45, 2.75) is 18.9 Å². The van der Waals surface area contributed by atoms with Crippen LogP contribution in [0.25, 0.3) is 23.1 Å². The van der Waals surface area contributed by atoms with Crippen LogP contribution in [0.4, 0.5) is 21.8 Å². The number of nitrogens with zero attached hydrogens (tertiary/aromatic N) is 4. The monoisotopic (exact) mass is 409 g/mol. The highest BCUT2D eigenvalue weighted by Crippen LogP contribution is 2.32. The number of ether oxygens (including phenoxy) is 1. The molecule has 2 aliphatic rings. The van der Waals surface area contributed by atoms with Crippen LogP contribution in [0.1, 0.15) is 24.4 Å². The van der Waals surface area contributed by atoms with Crippen molar-refractivity contribution in [3.63, 3.8) is 0 Å². The van der Waals surface area contributed by atoms with Crippen LogP contribution in [0.15, 0.2) is 33.9 Å². The minimum atomic E-state index is -0.292. The van der Waals surface area contributed by atoms with Crippen molar-refractivity contribution in [3.8, 4) is 0 Å². The number of hydrogen-bond acceptors (Lipinski definition) is 8. The molecular weight excluding hydrogens is 389 g/mol. The van der Waals surface area contributed by atoms with Crippen LogP contribution in [-0.2, 0) is 4.74 Å². The highest BCUT2D eigenvalue weighted by molar-refractivity contribution is 5.92. The Kier molecular flexibility index (Phi) is 4.88. The summed E-state index contributed by atoms with van der Waals surface area (Å²) in [6.45, 7) is 2.42. The van der Waals surface area contributed by atoms with Gasteiger partial charge in [0.2, 0.25) is 0 Å². The predicted octanol–water partition coefficient (Wildman–Crippen LogP) is 4.34. The van der Waals surface area contributed by atoms with E-state index in [0.717, 1.165) is 12.8 Å². The maximum Gasteiger partial charge on any atom is 0.260 e. The normalized spacial score (nSPS) is 17.0. The molecule has 9 heteroatoms. The van der Waals surface area contributed by atoms with E-state index in [2.05, 4.69) is 20.5 Å². The maximum absolute atomic E-state index is 14.9. The van der Waals surface area contributed by atoms with Gasteiger partial charge in [-0.15, -0.1) is 4.91 Å². The Labute approximate surface area is 171 Å². The van der Waals surface area contributed by atoms with E-state index in [9.17, 15) is 9.30 Å². The van der Waals surface area contributed by atoms with E-state index in [1.807, 2.05) is 4.90 Å². The molecule has 1 saturated carbocycles. The van der Waals surface area contributed by atoms with Crippen molar-refractivity contribution in [1.29, 1.82) is 0 Å². The van der Waals surface area contributed by atoms with Gasteiger partial charge < -0.3 is 19.4 Å². The van der Waals surface area contributed by atoms with Crippen LogP contribution < -0.4 is 10.2 Å². The van der Waals surface area contributed by atoms with Crippen LogP contribution in [0.5, 0.6) is 0 Å². The van der Waals surface area contributed by atoms with E-state index in [-0.39, 0.29) is 11.7 Å². The van der Waals surface area contributed by atoms with Crippen molar-refractivity contribution >= 4 is 40.4 Å². The number of anilines is 2. The van der Waals surface area contributed by atoms with Gasteiger partial charge in [0.15, 0.2) is 5.82 Å². The third kappa shape index (κ3) is 3.88. The predicted molar refractivity (Wildman–Crippen MR) is 112 cm³/mol. The Bertz CT molecular complexity index is 1120. The average molecular weight is 409 g/mol. The molecule has 2 aromatic heterocycles. The third-order valence-electron chi connectivity index (χ3n) is 5.15. The van der Waals surface area contributed by atoms with E-state index in [1.165, 1.54) is 12.1 Å². The van der Waals surface area contributed by atoms with Gasteiger partial charge in [-0.3, -0.25) is 0 Å². The summed E-state index contributed by atoms with van der Waals surface area (Å²) < 4.78 is 25.5. The van der Waals surface area contributed by atoms with Crippen LogP contribution in [0, 0.1) is 10.7 Å². The van der Waals surface area contributed by atoms with Gasteiger partial charge in [0.05, 0.1) is 24.4 Å². The number of hydrogen-bond donors (Lipinski definition) is 1. The van der Waals surface area contributed by atoms with Gasteiger partial charge in [0.1, 0.15) is 17.4 Å². The van der Waals surface area contributed by atoms with E-state index in [0.29, 0.717) is 66.3 Å². The summed E-state index contributed by atoms with van der Waals surface area (Å²) >= 11 is 0. The Morgan fingerprint density at radius 3 is 2.73 bits per heavy atom. The van der Waals surface area contributed by atoms with Crippen LogP contribution in [0.3, 0.4) is 0 Å². The molecule has 0 spiro atoms. The Morgan fingerprint density at radius 1 is 1.17 bits per heavy atom. The van der Waals surface area contributed by atoms with Crippen molar-refractivity contribution in [2.75, 3.05) is 36.5 Å². The van der Waals surface area contributed by atoms with E-state index < -0.39 is 0 Å². The molecule has 1 aliphatic carbocycles. The Balaban J connectivity index is 1.54. The fourth-order valence-electron chi connectivity index (χ4n) is 3.45. The zero-order valence-electron chi connectivity index (χ0n) is 16.2. The zero-order chi connectivity index (χ0) is 20.5. The molecule has 0 atom stereocenters. The Morgan fingerprint density at radius 2 is 2.00 bits per heavy atom. The van der Waals surface area contributed by atoms with Gasteiger partial charge in [0.25, 0.3) is 5.88 Å². The highest BCUT2D eigenvalue weighted by Gasteiger charge is 2.24. The lowest BCUT2D eigenvalue weighted by atomic mass is 10.1. The Hall–Kier alpha value is -3.33. The van der Waals surface area contributed by atoms with Crippen molar-refractivity contribution < 1.29 is 13.5 Å². The van der Waals surface area contributed by atoms with Gasteiger partial charge in [-0.1, -0.05) is 0 Å². The second-order valence-electron chi connectivity index (χ2n) is 7.37. The van der Waals surface area contributed by atoms with Gasteiger partial charge in [-0.2, -0.15) is 0 Å². The first-order valence-electron chi connectivity index (χ1n) is 9.91. The lowest BCUT2D eigenvalue weighted by Gasteiger charge is -2.29. The molecule has 1 aliphatic heterocycles. The van der Waals surface area contributed by atoms with E-state index in [4.69, 9.17) is 9.15 Å². The summed E-state index contributed by atoms with van der Waals surface area (Å²) in [5, 5.41) is 6.79. The number of morpholine rings is 1. The quantitative estimate of drug-likeness (QED) is 0.605. The minimum Gasteiger partial charge on any atom is -0.436 e. The lowest BCUT2D eigenvalue weighted by Crippen LogP contribution is -2.36. The molecular formula is C21H20FN5O3. The third-order valence-corrected chi connectivity index (χ3v) is 5.15. The maximum atomic E-state index is 14.9. The summed E-state index contributed by atoms with van der Waals surface area (Å²) in [5.74, 6) is 1.26. The smallest absolute Gasteiger partial charge is 0.260 e. The van der Waals surface area contributed by atoms with Crippen LogP contribution >= 0.6 is 0 Å². The fourth-order valence-corrected chi connectivity index (χ4v) is 3.45. The topological polar surface area (TPSA) is 92.9 Å². The molecule has 5 rings (SSSR count). The zero-order valence-corrected chi connectivity index (χ0v) is 16.2. The SMILES string of the molecule is O=Nc1ccc(/C=C/c2nc(NC3CC3)c3cc(F)c(N4CCOCC4)cc3n2)o1. The second kappa shape index (κ2) is 7.83. The first-order valence-corrected chi connectivity index (χ1v) is 9.91. The standard InChI is InChI=1S/C21H20FN5O3/c22-16-11-15-17(12-18(16)27-7-9-29-10-8-27)24-19(25-21(15)23-13-1-2-13)5-3-14-4-6-20(26-28)30-14/h3-6,11-13H,1-2,7-10H2,(H,23,24,25)/b5-3+. The molecule has 2 fully saturated rings. The van der Waals surface area contributed by atoms with Gasteiger partial charge in [-0.25, -0.2) is 14.4 Å². The minimum absolute atomic E-state index is 0.01000. The van der Waals surface area contributed by atoms with Gasteiger partial charge in [-0.05, 0) is 43.2 Å². The van der Waals surface area contributed by atoms with Crippen molar-refractivity contribution in [3.05, 3.63) is 46.6 Å². The number of rotatable bonds is 6. The highest BCUT2D eigenvalue weighted by atomic mass is 19.1. The first kappa shape index (κ1) is 18.7. The molecule has 3 aromatic rings. The van der Waals surface area contributed by atoms with Crippen LogP contribution in [0.2, 0.25) is 0 Å². The summed E-state index contributed by atoms with van der Waals surface area (Å²) in [7, 11) is 0.